The second-order valence-electron chi connectivity index (χ2n) is 4.74. The first kappa shape index (κ1) is 11.0. The third-order valence-corrected chi connectivity index (χ3v) is 3.23. The molecular formula is C16H14FN. The van der Waals surface area contributed by atoms with Gasteiger partial charge in [-0.15, -0.1) is 0 Å². The number of hydrogen-bond donors (Lipinski definition) is 1. The van der Waals surface area contributed by atoms with E-state index in [1.54, 1.807) is 12.1 Å². The number of benzene rings is 2. The highest BCUT2D eigenvalue weighted by molar-refractivity contribution is 5.88. The molecule has 0 atom stereocenters. The van der Waals surface area contributed by atoms with Gasteiger partial charge in [-0.25, -0.2) is 4.39 Å². The van der Waals surface area contributed by atoms with Gasteiger partial charge in [0.25, 0.3) is 0 Å². The molecule has 1 heterocycles. The number of halogens is 1. The smallest absolute Gasteiger partial charge is 0.123 e. The molecule has 90 valence electrons. The molecule has 0 fully saturated rings. The summed E-state index contributed by atoms with van der Waals surface area (Å²) >= 11 is 0. The van der Waals surface area contributed by atoms with Crippen LogP contribution < -0.4 is 0 Å². The lowest BCUT2D eigenvalue weighted by Crippen LogP contribution is -1.80. The largest absolute Gasteiger partial charge is 0.354 e. The molecule has 0 saturated heterocycles. The van der Waals surface area contributed by atoms with Crippen molar-refractivity contribution in [2.75, 3.05) is 0 Å². The lowest BCUT2D eigenvalue weighted by atomic mass is 10.1. The van der Waals surface area contributed by atoms with E-state index < -0.39 is 0 Å². The van der Waals surface area contributed by atoms with Crippen molar-refractivity contribution in [3.8, 4) is 11.3 Å². The second kappa shape index (κ2) is 3.98. The van der Waals surface area contributed by atoms with Crippen molar-refractivity contribution in [3.63, 3.8) is 0 Å². The molecular weight excluding hydrogens is 225 g/mol. The lowest BCUT2D eigenvalue weighted by Gasteiger charge is -1.98. The van der Waals surface area contributed by atoms with Crippen molar-refractivity contribution in [2.24, 2.45) is 0 Å². The van der Waals surface area contributed by atoms with Gasteiger partial charge in [-0.05, 0) is 61.4 Å². The number of aryl methyl sites for hydroxylation is 2. The fourth-order valence-electron chi connectivity index (χ4n) is 2.40. The maximum Gasteiger partial charge on any atom is 0.123 e. The molecule has 0 amide bonds. The molecule has 0 bridgehead atoms. The van der Waals surface area contributed by atoms with Crippen molar-refractivity contribution >= 4 is 10.9 Å². The van der Waals surface area contributed by atoms with Gasteiger partial charge in [0.15, 0.2) is 0 Å². The highest BCUT2D eigenvalue weighted by Gasteiger charge is 2.06. The van der Waals surface area contributed by atoms with Gasteiger partial charge < -0.3 is 4.98 Å². The molecule has 0 aliphatic rings. The Morgan fingerprint density at radius 3 is 2.39 bits per heavy atom. The highest BCUT2D eigenvalue weighted by atomic mass is 19.1. The maximum atomic E-state index is 12.9. The van der Waals surface area contributed by atoms with Crippen molar-refractivity contribution in [1.29, 1.82) is 0 Å². The summed E-state index contributed by atoms with van der Waals surface area (Å²) in [5, 5.41) is 1.20. The Bertz CT molecular complexity index is 708. The molecule has 18 heavy (non-hydrogen) atoms. The Morgan fingerprint density at radius 2 is 1.67 bits per heavy atom. The van der Waals surface area contributed by atoms with Crippen LogP contribution in [0.5, 0.6) is 0 Å². The molecule has 0 aliphatic heterocycles. The van der Waals surface area contributed by atoms with Gasteiger partial charge in [-0.2, -0.15) is 0 Å². The molecule has 0 unspecified atom stereocenters. The molecule has 0 aliphatic carbocycles. The number of nitrogens with one attached hydrogen (secondary N) is 1. The van der Waals surface area contributed by atoms with Gasteiger partial charge >= 0.3 is 0 Å². The SMILES string of the molecule is Cc1cc(C)c2[nH]c(-c3ccc(F)cc3)cc2c1. The third-order valence-electron chi connectivity index (χ3n) is 3.23. The van der Waals surface area contributed by atoms with Crippen LogP contribution in [0.4, 0.5) is 4.39 Å². The van der Waals surface area contributed by atoms with Crippen LogP contribution in [-0.2, 0) is 0 Å². The first-order valence-electron chi connectivity index (χ1n) is 5.99. The van der Waals surface area contributed by atoms with Gasteiger partial charge in [-0.3, -0.25) is 0 Å². The Hall–Kier alpha value is -2.09. The predicted molar refractivity (Wildman–Crippen MR) is 73.2 cm³/mol. The predicted octanol–water partition coefficient (Wildman–Crippen LogP) is 4.59. The van der Waals surface area contributed by atoms with Gasteiger partial charge in [0.2, 0.25) is 0 Å². The molecule has 2 aromatic carbocycles. The highest BCUT2D eigenvalue weighted by Crippen LogP contribution is 2.27. The minimum Gasteiger partial charge on any atom is -0.354 e. The zero-order chi connectivity index (χ0) is 12.7. The van der Waals surface area contributed by atoms with Gasteiger partial charge in [-0.1, -0.05) is 11.6 Å². The Kier molecular flexibility index (Phi) is 2.44. The average molecular weight is 239 g/mol. The minimum atomic E-state index is -0.207. The van der Waals surface area contributed by atoms with E-state index in [1.165, 1.54) is 28.6 Å². The molecule has 2 heteroatoms. The van der Waals surface area contributed by atoms with Crippen LogP contribution in [0.2, 0.25) is 0 Å². The molecule has 0 saturated carbocycles. The lowest BCUT2D eigenvalue weighted by molar-refractivity contribution is 0.628. The average Bonchev–Trinajstić information content (AvgIpc) is 2.74. The van der Waals surface area contributed by atoms with Crippen molar-refractivity contribution in [2.45, 2.75) is 13.8 Å². The summed E-state index contributed by atoms with van der Waals surface area (Å²) in [4.78, 5) is 3.40. The Morgan fingerprint density at radius 1 is 0.944 bits per heavy atom. The summed E-state index contributed by atoms with van der Waals surface area (Å²) in [7, 11) is 0. The third kappa shape index (κ3) is 1.80. The summed E-state index contributed by atoms with van der Waals surface area (Å²) in [5.41, 5.74) is 5.67. The molecule has 3 aromatic rings. The van der Waals surface area contributed by atoms with E-state index in [-0.39, 0.29) is 5.82 Å². The number of aromatic amines is 1. The molecule has 1 N–H and O–H groups in total. The first-order valence-corrected chi connectivity index (χ1v) is 5.99. The van der Waals surface area contributed by atoms with E-state index in [1.807, 2.05) is 0 Å². The second-order valence-corrected chi connectivity index (χ2v) is 4.74. The van der Waals surface area contributed by atoms with E-state index in [0.717, 1.165) is 16.8 Å². The number of fused-ring (bicyclic) bond motifs is 1. The zero-order valence-electron chi connectivity index (χ0n) is 10.4. The Labute approximate surface area is 105 Å². The number of aromatic nitrogens is 1. The number of hydrogen-bond acceptors (Lipinski definition) is 0. The van der Waals surface area contributed by atoms with Crippen molar-refractivity contribution < 1.29 is 4.39 Å². The van der Waals surface area contributed by atoms with Crippen molar-refractivity contribution in [1.82, 2.24) is 4.98 Å². The van der Waals surface area contributed by atoms with Crippen LogP contribution in [0, 0.1) is 19.7 Å². The van der Waals surface area contributed by atoms with Crippen LogP contribution in [0.1, 0.15) is 11.1 Å². The molecule has 3 rings (SSSR count). The molecule has 1 aromatic heterocycles. The Balaban J connectivity index is 2.19. The fourth-order valence-corrected chi connectivity index (χ4v) is 2.40. The minimum absolute atomic E-state index is 0.207. The fraction of sp³-hybridized carbons (Fsp3) is 0.125. The van der Waals surface area contributed by atoms with Gasteiger partial charge in [0.1, 0.15) is 5.82 Å². The summed E-state index contributed by atoms with van der Waals surface area (Å²) < 4.78 is 12.9. The standard InChI is InChI=1S/C16H14FN/c1-10-7-11(2)16-13(8-10)9-15(18-16)12-3-5-14(17)6-4-12/h3-9,18H,1-2H3. The summed E-state index contributed by atoms with van der Waals surface area (Å²) in [6, 6.07) is 13.0. The van der Waals surface area contributed by atoms with E-state index >= 15 is 0 Å². The van der Waals surface area contributed by atoms with E-state index in [2.05, 4.69) is 37.0 Å². The van der Waals surface area contributed by atoms with Crippen LogP contribution in [0.3, 0.4) is 0 Å². The summed E-state index contributed by atoms with van der Waals surface area (Å²) in [5.74, 6) is -0.207. The van der Waals surface area contributed by atoms with E-state index in [0.29, 0.717) is 0 Å². The molecule has 0 radical (unpaired) electrons. The normalized spacial score (nSPS) is 11.1. The van der Waals surface area contributed by atoms with Gasteiger partial charge in [0.05, 0.1) is 0 Å². The quantitative estimate of drug-likeness (QED) is 0.639. The first-order chi connectivity index (χ1) is 8.63. The molecule has 0 spiro atoms. The topological polar surface area (TPSA) is 15.8 Å². The van der Waals surface area contributed by atoms with Crippen LogP contribution in [-0.4, -0.2) is 4.98 Å². The zero-order valence-corrected chi connectivity index (χ0v) is 10.4. The summed E-state index contributed by atoms with van der Waals surface area (Å²) in [6.45, 7) is 4.19. The monoisotopic (exact) mass is 239 g/mol. The molecule has 1 nitrogen and oxygen atoms in total. The number of rotatable bonds is 1. The van der Waals surface area contributed by atoms with E-state index in [9.17, 15) is 4.39 Å². The van der Waals surface area contributed by atoms with Crippen LogP contribution >= 0.6 is 0 Å². The van der Waals surface area contributed by atoms with Crippen LogP contribution in [0.25, 0.3) is 22.2 Å². The van der Waals surface area contributed by atoms with Crippen molar-refractivity contribution in [3.05, 3.63) is 59.4 Å². The maximum absolute atomic E-state index is 12.9. The van der Waals surface area contributed by atoms with E-state index in [4.69, 9.17) is 0 Å². The summed E-state index contributed by atoms with van der Waals surface area (Å²) in [6.07, 6.45) is 0. The van der Waals surface area contributed by atoms with Crippen LogP contribution in [0.15, 0.2) is 42.5 Å². The van der Waals surface area contributed by atoms with Gasteiger partial charge in [0, 0.05) is 16.6 Å². The number of H-pyrrole nitrogens is 1.